The summed E-state index contributed by atoms with van der Waals surface area (Å²) in [6.45, 7) is 0.714. The molecule has 2 aromatic carbocycles. The smallest absolute Gasteiger partial charge is 0.141 e. The Labute approximate surface area is 126 Å². The lowest BCUT2D eigenvalue weighted by Gasteiger charge is -2.08. The van der Waals surface area contributed by atoms with Gasteiger partial charge < -0.3 is 4.74 Å². The van der Waals surface area contributed by atoms with E-state index in [1.807, 2.05) is 36.4 Å². The van der Waals surface area contributed by atoms with Crippen LogP contribution in [0.2, 0.25) is 0 Å². The van der Waals surface area contributed by atoms with E-state index in [0.29, 0.717) is 19.4 Å². The molecule has 1 heterocycles. The summed E-state index contributed by atoms with van der Waals surface area (Å²) < 4.78 is 6.68. The molecule has 0 aliphatic carbocycles. The summed E-state index contributed by atoms with van der Waals surface area (Å²) in [6.07, 6.45) is 1.83. The molecule has 0 bridgehead atoms. The first-order chi connectivity index (χ1) is 9.72. The van der Waals surface area contributed by atoms with Crippen LogP contribution in [0.15, 0.2) is 46.9 Å². The molecule has 0 fully saturated rings. The Hall–Kier alpha value is -1.61. The first kappa shape index (κ1) is 13.4. The zero-order valence-corrected chi connectivity index (χ0v) is 12.7. The summed E-state index contributed by atoms with van der Waals surface area (Å²) in [5.41, 5.74) is 3.25. The Kier molecular flexibility index (Phi) is 3.88. The highest BCUT2D eigenvalue weighted by molar-refractivity contribution is 9.10. The predicted octanol–water partition coefficient (Wildman–Crippen LogP) is 3.74. The topological polar surface area (TPSA) is 26.3 Å². The number of fused-ring (bicyclic) bond motifs is 1. The molecule has 2 aromatic rings. The van der Waals surface area contributed by atoms with Gasteiger partial charge in [0.2, 0.25) is 0 Å². The van der Waals surface area contributed by atoms with Gasteiger partial charge in [0, 0.05) is 29.3 Å². The van der Waals surface area contributed by atoms with E-state index in [1.54, 1.807) is 0 Å². The molecule has 0 unspecified atom stereocenters. The molecule has 1 aliphatic heterocycles. The van der Waals surface area contributed by atoms with Gasteiger partial charge in [-0.3, -0.25) is 4.79 Å². The molecule has 0 aromatic heterocycles. The van der Waals surface area contributed by atoms with Crippen LogP contribution in [0.1, 0.15) is 16.7 Å². The number of hydrogen-bond acceptors (Lipinski definition) is 2. The van der Waals surface area contributed by atoms with Crippen molar-refractivity contribution in [2.75, 3.05) is 6.61 Å². The van der Waals surface area contributed by atoms with Gasteiger partial charge in [-0.25, -0.2) is 0 Å². The number of ether oxygens (including phenoxy) is 1. The number of rotatable bonds is 4. The van der Waals surface area contributed by atoms with Crippen LogP contribution in [-0.4, -0.2) is 12.4 Å². The van der Waals surface area contributed by atoms with Crippen molar-refractivity contribution in [1.82, 2.24) is 0 Å². The van der Waals surface area contributed by atoms with Crippen molar-refractivity contribution in [3.05, 3.63) is 63.6 Å². The molecule has 20 heavy (non-hydrogen) atoms. The average molecular weight is 331 g/mol. The summed E-state index contributed by atoms with van der Waals surface area (Å²) in [6, 6.07) is 13.9. The van der Waals surface area contributed by atoms with Gasteiger partial charge in [0.15, 0.2) is 0 Å². The van der Waals surface area contributed by atoms with E-state index in [-0.39, 0.29) is 5.78 Å². The number of halogens is 1. The van der Waals surface area contributed by atoms with Crippen LogP contribution in [0, 0.1) is 0 Å². The first-order valence-corrected chi connectivity index (χ1v) is 7.51. The summed E-state index contributed by atoms with van der Waals surface area (Å²) in [5, 5.41) is 0. The molecule has 102 valence electrons. The van der Waals surface area contributed by atoms with Crippen molar-refractivity contribution < 1.29 is 9.53 Å². The molecule has 3 heteroatoms. The molecule has 0 saturated carbocycles. The number of hydrogen-bond donors (Lipinski definition) is 0. The zero-order valence-electron chi connectivity index (χ0n) is 11.1. The molecule has 0 N–H and O–H groups in total. The van der Waals surface area contributed by atoms with Crippen molar-refractivity contribution in [3.63, 3.8) is 0 Å². The van der Waals surface area contributed by atoms with Gasteiger partial charge in [-0.05, 0) is 23.3 Å². The highest BCUT2D eigenvalue weighted by Gasteiger charge is 2.19. The van der Waals surface area contributed by atoms with Gasteiger partial charge >= 0.3 is 0 Å². The predicted molar refractivity (Wildman–Crippen MR) is 82.2 cm³/mol. The summed E-state index contributed by atoms with van der Waals surface area (Å²) in [4.78, 5) is 12.2. The van der Waals surface area contributed by atoms with Crippen LogP contribution in [0.4, 0.5) is 0 Å². The third-order valence-corrected chi connectivity index (χ3v) is 3.91. The van der Waals surface area contributed by atoms with Crippen molar-refractivity contribution in [1.29, 1.82) is 0 Å². The van der Waals surface area contributed by atoms with Crippen LogP contribution in [-0.2, 0) is 24.1 Å². The number of ketones is 1. The number of Topliss-reactive ketones (excluding diaryl/α,β-unsaturated/α-hetero) is 1. The summed E-state index contributed by atoms with van der Waals surface area (Å²) in [7, 11) is 0. The fourth-order valence-electron chi connectivity index (χ4n) is 2.58. The molecular formula is C17H15BrO2. The summed E-state index contributed by atoms with van der Waals surface area (Å²) in [5.74, 6) is 1.13. The van der Waals surface area contributed by atoms with Crippen LogP contribution in [0.3, 0.4) is 0 Å². The lowest BCUT2D eigenvalue weighted by Crippen LogP contribution is -2.07. The lowest BCUT2D eigenvalue weighted by atomic mass is 10.00. The third-order valence-electron chi connectivity index (χ3n) is 3.46. The minimum Gasteiger partial charge on any atom is -0.493 e. The third kappa shape index (κ3) is 2.93. The normalized spacial score (nSPS) is 12.8. The Bertz CT molecular complexity index is 635. The van der Waals surface area contributed by atoms with Crippen molar-refractivity contribution in [2.24, 2.45) is 0 Å². The molecule has 0 atom stereocenters. The van der Waals surface area contributed by atoms with E-state index in [9.17, 15) is 4.79 Å². The maximum Gasteiger partial charge on any atom is 0.141 e. The van der Waals surface area contributed by atoms with Crippen molar-refractivity contribution in [3.8, 4) is 5.75 Å². The van der Waals surface area contributed by atoms with Gasteiger partial charge in [0.25, 0.3) is 0 Å². The van der Waals surface area contributed by atoms with Gasteiger partial charge in [-0.1, -0.05) is 46.3 Å². The molecule has 2 nitrogen and oxygen atoms in total. The monoisotopic (exact) mass is 330 g/mol. The maximum atomic E-state index is 12.2. The van der Waals surface area contributed by atoms with Gasteiger partial charge in [0.1, 0.15) is 11.5 Å². The number of benzene rings is 2. The van der Waals surface area contributed by atoms with Crippen LogP contribution >= 0.6 is 15.9 Å². The SMILES string of the molecule is O=C(Cc1ccccc1)Cc1cc(Br)cc2c1OCC2. The first-order valence-electron chi connectivity index (χ1n) is 6.72. The fourth-order valence-corrected chi connectivity index (χ4v) is 3.13. The van der Waals surface area contributed by atoms with Gasteiger partial charge in [-0.15, -0.1) is 0 Å². The van der Waals surface area contributed by atoms with Crippen molar-refractivity contribution in [2.45, 2.75) is 19.3 Å². The standard InChI is InChI=1S/C17H15BrO2/c18-15-9-13-6-7-20-17(13)14(10-15)11-16(19)8-12-4-2-1-3-5-12/h1-5,9-10H,6-8,11H2. The Morgan fingerprint density at radius 2 is 1.95 bits per heavy atom. The minimum absolute atomic E-state index is 0.215. The second-order valence-corrected chi connectivity index (χ2v) is 5.95. The van der Waals surface area contributed by atoms with E-state index < -0.39 is 0 Å². The zero-order chi connectivity index (χ0) is 13.9. The molecule has 0 radical (unpaired) electrons. The average Bonchev–Trinajstić information content (AvgIpc) is 2.88. The lowest BCUT2D eigenvalue weighted by molar-refractivity contribution is -0.117. The Balaban J connectivity index is 1.77. The van der Waals surface area contributed by atoms with Gasteiger partial charge in [0.05, 0.1) is 6.61 Å². The van der Waals surface area contributed by atoms with E-state index in [0.717, 1.165) is 27.8 Å². The molecule has 1 aliphatic rings. The van der Waals surface area contributed by atoms with Crippen LogP contribution in [0.25, 0.3) is 0 Å². The second kappa shape index (κ2) is 5.80. The molecule has 0 saturated heterocycles. The quantitative estimate of drug-likeness (QED) is 0.853. The number of carbonyl (C=O) groups excluding carboxylic acids is 1. The highest BCUT2D eigenvalue weighted by atomic mass is 79.9. The highest BCUT2D eigenvalue weighted by Crippen LogP contribution is 2.33. The van der Waals surface area contributed by atoms with Gasteiger partial charge in [-0.2, -0.15) is 0 Å². The Morgan fingerprint density at radius 3 is 2.75 bits per heavy atom. The molecular weight excluding hydrogens is 316 g/mol. The minimum atomic E-state index is 0.215. The number of carbonyl (C=O) groups is 1. The maximum absolute atomic E-state index is 12.2. The largest absolute Gasteiger partial charge is 0.493 e. The van der Waals surface area contributed by atoms with E-state index in [4.69, 9.17) is 4.74 Å². The second-order valence-electron chi connectivity index (χ2n) is 5.03. The molecule has 0 spiro atoms. The Morgan fingerprint density at radius 1 is 1.15 bits per heavy atom. The molecule has 0 amide bonds. The fraction of sp³-hybridized carbons (Fsp3) is 0.235. The van der Waals surface area contributed by atoms with E-state index in [1.165, 1.54) is 5.56 Å². The van der Waals surface area contributed by atoms with Crippen LogP contribution in [0.5, 0.6) is 5.75 Å². The van der Waals surface area contributed by atoms with E-state index >= 15 is 0 Å². The summed E-state index contributed by atoms with van der Waals surface area (Å²) >= 11 is 3.51. The van der Waals surface area contributed by atoms with Crippen molar-refractivity contribution >= 4 is 21.7 Å². The van der Waals surface area contributed by atoms with E-state index in [2.05, 4.69) is 22.0 Å². The molecule has 3 rings (SSSR count). The van der Waals surface area contributed by atoms with Crippen LogP contribution < -0.4 is 4.74 Å².